The molecule has 0 unspecified atom stereocenters. The second kappa shape index (κ2) is 3.35. The number of hydrogen-bond acceptors (Lipinski definition) is 1. The smallest absolute Gasteiger partial charge is 0.0445 e. The Kier molecular flexibility index (Phi) is 2.00. The summed E-state index contributed by atoms with van der Waals surface area (Å²) < 4.78 is 0. The fourth-order valence-electron chi connectivity index (χ4n) is 4.84. The minimum Gasteiger partial charge on any atom is -0.300 e. The lowest BCUT2D eigenvalue weighted by molar-refractivity contribution is 0.0591. The van der Waals surface area contributed by atoms with Gasteiger partial charge in [-0.05, 0) is 42.7 Å². The molecule has 1 aliphatic carbocycles. The van der Waals surface area contributed by atoms with Crippen LogP contribution in [0.2, 0.25) is 0 Å². The van der Waals surface area contributed by atoms with E-state index in [9.17, 15) is 0 Å². The Balaban J connectivity index is 1.85. The van der Waals surface area contributed by atoms with Crippen molar-refractivity contribution < 1.29 is 0 Å². The molecule has 2 heterocycles. The molecule has 1 aromatic rings. The summed E-state index contributed by atoms with van der Waals surface area (Å²) in [6.07, 6.45) is 7.16. The first-order valence-corrected chi connectivity index (χ1v) is 7.16. The first-order chi connectivity index (χ1) is 8.29. The van der Waals surface area contributed by atoms with E-state index < -0.39 is 0 Å². The zero-order chi connectivity index (χ0) is 11.5. The lowest BCUT2D eigenvalue weighted by atomic mass is 9.65. The zero-order valence-corrected chi connectivity index (χ0v) is 10.6. The van der Waals surface area contributed by atoms with Crippen LogP contribution in [0, 0.1) is 11.8 Å². The fourth-order valence-corrected chi connectivity index (χ4v) is 4.84. The minimum absolute atomic E-state index is 0.268. The van der Waals surface area contributed by atoms with Crippen molar-refractivity contribution in [2.45, 2.75) is 50.6 Å². The Morgan fingerprint density at radius 2 is 2.00 bits per heavy atom. The molecule has 90 valence electrons. The molecule has 2 aliphatic heterocycles. The summed E-state index contributed by atoms with van der Waals surface area (Å²) in [5.41, 5.74) is 3.45. The molecule has 4 rings (SSSR count). The summed E-state index contributed by atoms with van der Waals surface area (Å²) in [6, 6.07) is 9.75. The highest BCUT2D eigenvalue weighted by Crippen LogP contribution is 2.55. The highest BCUT2D eigenvalue weighted by atomic mass is 15.1. The van der Waals surface area contributed by atoms with Gasteiger partial charge in [0.1, 0.15) is 0 Å². The van der Waals surface area contributed by atoms with Gasteiger partial charge in [-0.1, -0.05) is 43.5 Å². The number of benzene rings is 1. The second-order valence-corrected chi connectivity index (χ2v) is 6.37. The maximum Gasteiger partial charge on any atom is 0.0445 e. The molecule has 0 radical (unpaired) electrons. The number of nitrogens with one attached hydrogen (secondary N) is 1. The van der Waals surface area contributed by atoms with Crippen molar-refractivity contribution in [1.82, 2.24) is 5.32 Å². The highest BCUT2D eigenvalue weighted by molar-refractivity contribution is 5.43. The molecule has 1 N–H and O–H groups in total. The molecule has 17 heavy (non-hydrogen) atoms. The van der Waals surface area contributed by atoms with Crippen LogP contribution in [-0.4, -0.2) is 0 Å². The molecule has 1 heteroatoms. The van der Waals surface area contributed by atoms with E-state index in [1.807, 2.05) is 0 Å². The summed E-state index contributed by atoms with van der Waals surface area (Å²) in [5.74, 6) is 1.84. The third kappa shape index (κ3) is 1.24. The van der Waals surface area contributed by atoms with Gasteiger partial charge in [-0.15, -0.1) is 0 Å². The molecule has 3 aliphatic rings. The van der Waals surface area contributed by atoms with Crippen LogP contribution in [0.15, 0.2) is 24.3 Å². The van der Waals surface area contributed by atoms with Gasteiger partial charge in [-0.25, -0.2) is 0 Å². The van der Waals surface area contributed by atoms with Crippen LogP contribution in [-0.2, 0) is 5.54 Å². The van der Waals surface area contributed by atoms with Gasteiger partial charge in [-0.2, -0.15) is 0 Å². The molecule has 0 spiro atoms. The lowest BCUT2D eigenvalue weighted by Crippen LogP contribution is -2.50. The van der Waals surface area contributed by atoms with Crippen LogP contribution in [0.1, 0.15) is 56.2 Å². The van der Waals surface area contributed by atoms with Crippen molar-refractivity contribution >= 4 is 0 Å². The van der Waals surface area contributed by atoms with E-state index in [1.165, 1.54) is 32.1 Å². The molecule has 1 nitrogen and oxygen atoms in total. The number of piperidine rings is 1. The standard InChI is InChI=1S/C16H21N/c1-16-13-8-4-2-6-11(13)10-15(17-16)12-7-3-5-9-14(12)16/h3,5,7,9,11,13,15,17H,2,4,6,8,10H2,1H3/t11-,13-,15-,16+/m1/s1. The Morgan fingerprint density at radius 3 is 2.94 bits per heavy atom. The van der Waals surface area contributed by atoms with E-state index in [0.29, 0.717) is 6.04 Å². The first kappa shape index (κ1) is 10.1. The van der Waals surface area contributed by atoms with E-state index in [2.05, 4.69) is 36.5 Å². The van der Waals surface area contributed by atoms with Crippen LogP contribution in [0.25, 0.3) is 0 Å². The Hall–Kier alpha value is -0.820. The third-order valence-corrected chi connectivity index (χ3v) is 5.56. The van der Waals surface area contributed by atoms with Gasteiger partial charge < -0.3 is 5.32 Å². The summed E-state index contributed by atoms with van der Waals surface area (Å²) in [5, 5.41) is 3.93. The molecule has 0 aromatic heterocycles. The maximum absolute atomic E-state index is 3.93. The normalized spacial score (nSPS) is 43.0. The number of fused-ring (bicyclic) bond motifs is 7. The molecule has 1 aromatic carbocycles. The zero-order valence-electron chi connectivity index (χ0n) is 10.6. The van der Waals surface area contributed by atoms with Gasteiger partial charge in [0, 0.05) is 11.6 Å². The van der Waals surface area contributed by atoms with Gasteiger partial charge in [0.2, 0.25) is 0 Å². The minimum atomic E-state index is 0.268. The van der Waals surface area contributed by atoms with Crippen molar-refractivity contribution in [2.24, 2.45) is 11.8 Å². The first-order valence-electron chi connectivity index (χ1n) is 7.16. The second-order valence-electron chi connectivity index (χ2n) is 6.37. The molecule has 2 fully saturated rings. The lowest BCUT2D eigenvalue weighted by Gasteiger charge is -2.47. The monoisotopic (exact) mass is 227 g/mol. The largest absolute Gasteiger partial charge is 0.300 e. The van der Waals surface area contributed by atoms with Crippen molar-refractivity contribution in [3.8, 4) is 0 Å². The number of rotatable bonds is 0. The van der Waals surface area contributed by atoms with Crippen LogP contribution in [0.3, 0.4) is 0 Å². The summed E-state index contributed by atoms with van der Waals surface area (Å²) in [4.78, 5) is 0. The average molecular weight is 227 g/mol. The van der Waals surface area contributed by atoms with Crippen LogP contribution in [0.4, 0.5) is 0 Å². The third-order valence-electron chi connectivity index (χ3n) is 5.56. The SMILES string of the molecule is C[C@]12N[C@H](C[C@H]3CCCC[C@H]31)c1ccccc12. The highest BCUT2D eigenvalue weighted by Gasteiger charge is 2.52. The predicted octanol–water partition coefficient (Wildman–Crippen LogP) is 3.76. The van der Waals surface area contributed by atoms with Crippen molar-refractivity contribution in [1.29, 1.82) is 0 Å². The van der Waals surface area contributed by atoms with E-state index in [1.54, 1.807) is 11.1 Å². The number of hydrogen-bond donors (Lipinski definition) is 1. The quantitative estimate of drug-likeness (QED) is 0.711. The van der Waals surface area contributed by atoms with E-state index >= 15 is 0 Å². The molecule has 0 amide bonds. The Morgan fingerprint density at radius 1 is 1.18 bits per heavy atom. The molecular weight excluding hydrogens is 206 g/mol. The van der Waals surface area contributed by atoms with Gasteiger partial charge >= 0.3 is 0 Å². The van der Waals surface area contributed by atoms with Crippen molar-refractivity contribution in [3.63, 3.8) is 0 Å². The van der Waals surface area contributed by atoms with Gasteiger partial charge in [0.15, 0.2) is 0 Å². The topological polar surface area (TPSA) is 12.0 Å². The van der Waals surface area contributed by atoms with Crippen LogP contribution < -0.4 is 5.32 Å². The van der Waals surface area contributed by atoms with Crippen LogP contribution >= 0.6 is 0 Å². The molecule has 1 saturated carbocycles. The summed E-state index contributed by atoms with van der Waals surface area (Å²) >= 11 is 0. The fraction of sp³-hybridized carbons (Fsp3) is 0.625. The maximum atomic E-state index is 3.93. The Labute approximate surface area is 104 Å². The van der Waals surface area contributed by atoms with Gasteiger partial charge in [0.05, 0.1) is 0 Å². The summed E-state index contributed by atoms with van der Waals surface area (Å²) in [6.45, 7) is 2.45. The van der Waals surface area contributed by atoms with Gasteiger partial charge in [0.25, 0.3) is 0 Å². The van der Waals surface area contributed by atoms with Crippen molar-refractivity contribution in [3.05, 3.63) is 35.4 Å². The van der Waals surface area contributed by atoms with Crippen molar-refractivity contribution in [2.75, 3.05) is 0 Å². The molecule has 2 bridgehead atoms. The van der Waals surface area contributed by atoms with Gasteiger partial charge in [-0.3, -0.25) is 0 Å². The summed E-state index contributed by atoms with van der Waals surface area (Å²) in [7, 11) is 0. The molecule has 1 saturated heterocycles. The molecular formula is C16H21N. The van der Waals surface area contributed by atoms with E-state index in [-0.39, 0.29) is 5.54 Å². The van der Waals surface area contributed by atoms with Crippen LogP contribution in [0.5, 0.6) is 0 Å². The van der Waals surface area contributed by atoms with E-state index in [4.69, 9.17) is 0 Å². The van der Waals surface area contributed by atoms with E-state index in [0.717, 1.165) is 11.8 Å². The predicted molar refractivity (Wildman–Crippen MR) is 69.7 cm³/mol. The average Bonchev–Trinajstić information content (AvgIpc) is 2.61. The molecule has 4 atom stereocenters. The Bertz CT molecular complexity index is 453.